The third kappa shape index (κ3) is 2.71. The topological polar surface area (TPSA) is 86.2 Å². The predicted octanol–water partition coefficient (Wildman–Crippen LogP) is 0.0111. The first-order chi connectivity index (χ1) is 9.41. The quantitative estimate of drug-likeness (QED) is 0.789. The summed E-state index contributed by atoms with van der Waals surface area (Å²) < 4.78 is 2.11. The van der Waals surface area contributed by atoms with Crippen molar-refractivity contribution in [3.63, 3.8) is 0 Å². The Hall–Kier alpha value is -1.79. The van der Waals surface area contributed by atoms with Gasteiger partial charge in [-0.05, 0) is 18.3 Å². The van der Waals surface area contributed by atoms with E-state index in [4.69, 9.17) is 5.84 Å². The number of nitrogens with zero attached hydrogens (tertiary/aromatic N) is 4. The monoisotopic (exact) mass is 281 g/mol. The Labute approximate surface area is 118 Å². The lowest BCUT2D eigenvalue weighted by molar-refractivity contribution is 0.222. The van der Waals surface area contributed by atoms with E-state index in [1.807, 2.05) is 0 Å². The third-order valence-electron chi connectivity index (χ3n) is 4.19. The number of nitrogen functional groups attached to an aromatic ring is 1. The fourth-order valence-electron chi connectivity index (χ4n) is 2.87. The van der Waals surface area contributed by atoms with Crippen LogP contribution in [0.4, 0.5) is 5.95 Å². The standard InChI is InChI=1S/C13H23N5O2/c1-9-6-4-5-7-10(9)8-17-12(19)15-11(16(2)3)18(14)13(17)20/h9-10H,4-8,14H2,1-3H3/t9-,10-/m1/s1. The summed E-state index contributed by atoms with van der Waals surface area (Å²) in [6, 6.07) is 0. The second kappa shape index (κ2) is 5.68. The normalized spacial score (nSPS) is 22.8. The van der Waals surface area contributed by atoms with Gasteiger partial charge in [0, 0.05) is 20.6 Å². The second-order valence-electron chi connectivity index (χ2n) is 5.87. The van der Waals surface area contributed by atoms with Crippen LogP contribution in [-0.4, -0.2) is 28.3 Å². The molecule has 0 amide bonds. The molecule has 1 fully saturated rings. The summed E-state index contributed by atoms with van der Waals surface area (Å²) in [7, 11) is 3.39. The van der Waals surface area contributed by atoms with Gasteiger partial charge in [0.15, 0.2) is 0 Å². The van der Waals surface area contributed by atoms with Crippen molar-refractivity contribution in [3.8, 4) is 0 Å². The molecule has 0 aliphatic heterocycles. The number of hydrogen-bond donors (Lipinski definition) is 1. The van der Waals surface area contributed by atoms with Crippen LogP contribution in [0.3, 0.4) is 0 Å². The average Bonchev–Trinajstić information content (AvgIpc) is 2.40. The van der Waals surface area contributed by atoms with Crippen LogP contribution >= 0.6 is 0 Å². The molecule has 1 saturated carbocycles. The molecule has 7 heteroatoms. The van der Waals surface area contributed by atoms with Gasteiger partial charge in [-0.25, -0.2) is 14.2 Å². The molecule has 1 aliphatic carbocycles. The lowest BCUT2D eigenvalue weighted by atomic mass is 9.80. The van der Waals surface area contributed by atoms with E-state index in [-0.39, 0.29) is 5.95 Å². The SMILES string of the molecule is C[C@@H]1CCCC[C@@H]1Cn1c(=O)nc(N(C)C)n(N)c1=O. The van der Waals surface area contributed by atoms with Crippen LogP contribution in [-0.2, 0) is 6.54 Å². The van der Waals surface area contributed by atoms with Gasteiger partial charge in [0.25, 0.3) is 0 Å². The largest absolute Gasteiger partial charge is 0.355 e. The molecular formula is C13H23N5O2. The molecule has 2 N–H and O–H groups in total. The van der Waals surface area contributed by atoms with E-state index in [1.54, 1.807) is 19.0 Å². The first-order valence-electron chi connectivity index (χ1n) is 7.08. The molecule has 0 aromatic carbocycles. The molecule has 1 aliphatic rings. The maximum Gasteiger partial charge on any atom is 0.355 e. The lowest BCUT2D eigenvalue weighted by Gasteiger charge is -2.29. The maximum atomic E-state index is 12.2. The number of nitrogens with two attached hydrogens (primary N) is 1. The van der Waals surface area contributed by atoms with Gasteiger partial charge < -0.3 is 10.7 Å². The molecule has 20 heavy (non-hydrogen) atoms. The molecule has 0 spiro atoms. The van der Waals surface area contributed by atoms with Crippen LogP contribution < -0.4 is 22.1 Å². The molecule has 2 rings (SSSR count). The lowest BCUT2D eigenvalue weighted by Crippen LogP contribution is -2.48. The van der Waals surface area contributed by atoms with Gasteiger partial charge in [-0.3, -0.25) is 0 Å². The Kier molecular flexibility index (Phi) is 4.15. The maximum absolute atomic E-state index is 12.2. The highest BCUT2D eigenvalue weighted by atomic mass is 16.2. The zero-order chi connectivity index (χ0) is 14.9. The Morgan fingerprint density at radius 2 is 1.95 bits per heavy atom. The number of hydrogen-bond acceptors (Lipinski definition) is 5. The summed E-state index contributed by atoms with van der Waals surface area (Å²) in [5.41, 5.74) is -1.01. The average molecular weight is 281 g/mol. The third-order valence-corrected chi connectivity index (χ3v) is 4.19. The van der Waals surface area contributed by atoms with Crippen molar-refractivity contribution in [2.45, 2.75) is 39.2 Å². The van der Waals surface area contributed by atoms with Crippen molar-refractivity contribution in [3.05, 3.63) is 21.0 Å². The minimum atomic E-state index is -0.516. The van der Waals surface area contributed by atoms with Gasteiger partial charge in [-0.1, -0.05) is 26.2 Å². The molecular weight excluding hydrogens is 258 g/mol. The van der Waals surface area contributed by atoms with Gasteiger partial charge in [0.05, 0.1) is 0 Å². The molecule has 0 unspecified atom stereocenters. The predicted molar refractivity (Wildman–Crippen MR) is 78.4 cm³/mol. The van der Waals surface area contributed by atoms with E-state index in [0.717, 1.165) is 23.9 Å². The fraction of sp³-hybridized carbons (Fsp3) is 0.769. The molecule has 2 atom stereocenters. The van der Waals surface area contributed by atoms with Gasteiger partial charge in [0.2, 0.25) is 5.95 Å². The van der Waals surface area contributed by atoms with Crippen LogP contribution in [0.25, 0.3) is 0 Å². The van der Waals surface area contributed by atoms with Gasteiger partial charge >= 0.3 is 11.4 Å². The number of anilines is 1. The van der Waals surface area contributed by atoms with E-state index in [1.165, 1.54) is 11.0 Å². The Balaban J connectivity index is 2.35. The zero-order valence-corrected chi connectivity index (χ0v) is 12.4. The van der Waals surface area contributed by atoms with Gasteiger partial charge in [-0.2, -0.15) is 9.66 Å². The van der Waals surface area contributed by atoms with E-state index in [2.05, 4.69) is 11.9 Å². The Morgan fingerprint density at radius 3 is 2.55 bits per heavy atom. The van der Waals surface area contributed by atoms with Crippen LogP contribution in [0.15, 0.2) is 9.59 Å². The molecule has 0 radical (unpaired) electrons. The van der Waals surface area contributed by atoms with E-state index in [0.29, 0.717) is 18.4 Å². The minimum absolute atomic E-state index is 0.174. The summed E-state index contributed by atoms with van der Waals surface area (Å²) in [5, 5.41) is 0. The molecule has 1 aromatic heterocycles. The Morgan fingerprint density at radius 1 is 1.30 bits per heavy atom. The van der Waals surface area contributed by atoms with Crippen LogP contribution in [0, 0.1) is 11.8 Å². The number of aromatic nitrogens is 3. The van der Waals surface area contributed by atoms with Crippen molar-refractivity contribution in [1.82, 2.24) is 14.2 Å². The van der Waals surface area contributed by atoms with Crippen molar-refractivity contribution in [1.29, 1.82) is 0 Å². The van der Waals surface area contributed by atoms with Gasteiger partial charge in [0.1, 0.15) is 0 Å². The van der Waals surface area contributed by atoms with Gasteiger partial charge in [-0.15, -0.1) is 0 Å². The molecule has 0 bridgehead atoms. The van der Waals surface area contributed by atoms with E-state index >= 15 is 0 Å². The Bertz CT molecular complexity index is 589. The minimum Gasteiger partial charge on any atom is -0.347 e. The first kappa shape index (κ1) is 14.6. The smallest absolute Gasteiger partial charge is 0.347 e. The summed E-state index contributed by atoms with van der Waals surface area (Å²) >= 11 is 0. The first-order valence-corrected chi connectivity index (χ1v) is 7.08. The van der Waals surface area contributed by atoms with Crippen LogP contribution in [0.2, 0.25) is 0 Å². The second-order valence-corrected chi connectivity index (χ2v) is 5.87. The van der Waals surface area contributed by atoms with Crippen molar-refractivity contribution in [2.24, 2.45) is 11.8 Å². The summed E-state index contributed by atoms with van der Waals surface area (Å²) in [4.78, 5) is 29.7. The summed E-state index contributed by atoms with van der Waals surface area (Å²) in [6.07, 6.45) is 4.59. The highest BCUT2D eigenvalue weighted by Crippen LogP contribution is 2.30. The highest BCUT2D eigenvalue weighted by Gasteiger charge is 2.24. The molecule has 0 saturated heterocycles. The fourth-order valence-corrected chi connectivity index (χ4v) is 2.87. The van der Waals surface area contributed by atoms with Crippen molar-refractivity contribution >= 4 is 5.95 Å². The molecule has 7 nitrogen and oxygen atoms in total. The molecule has 1 heterocycles. The highest BCUT2D eigenvalue weighted by molar-refractivity contribution is 5.26. The number of rotatable bonds is 3. The van der Waals surface area contributed by atoms with E-state index in [9.17, 15) is 9.59 Å². The van der Waals surface area contributed by atoms with Crippen molar-refractivity contribution < 1.29 is 0 Å². The van der Waals surface area contributed by atoms with Crippen LogP contribution in [0.5, 0.6) is 0 Å². The van der Waals surface area contributed by atoms with Crippen molar-refractivity contribution in [2.75, 3.05) is 24.8 Å². The van der Waals surface area contributed by atoms with Crippen LogP contribution in [0.1, 0.15) is 32.6 Å². The summed E-state index contributed by atoms with van der Waals surface area (Å²) in [5.74, 6) is 6.78. The summed E-state index contributed by atoms with van der Waals surface area (Å²) in [6.45, 7) is 2.59. The molecule has 1 aromatic rings. The zero-order valence-electron chi connectivity index (χ0n) is 12.4. The molecule has 112 valence electrons. The van der Waals surface area contributed by atoms with E-state index < -0.39 is 11.4 Å².